The largest absolute Gasteiger partial charge is 0.511 e. The normalized spacial score (nSPS) is 13.6. The number of rotatable bonds is 6. The third-order valence-electron chi connectivity index (χ3n) is 3.16. The number of aliphatic hydroxyl groups excluding tert-OH is 4. The van der Waals surface area contributed by atoms with Crippen LogP contribution in [0.15, 0.2) is 57.1 Å². The third kappa shape index (κ3) is 3.01. The third-order valence-corrected chi connectivity index (χ3v) is 3.16. The monoisotopic (exact) mass is 292 g/mol. The fourth-order valence-electron chi connectivity index (χ4n) is 1.80. The van der Waals surface area contributed by atoms with E-state index >= 15 is 0 Å². The van der Waals surface area contributed by atoms with Gasteiger partial charge in [-0.05, 0) is 24.3 Å². The van der Waals surface area contributed by atoms with E-state index in [1.807, 2.05) is 0 Å². The molecule has 0 saturated heterocycles. The molecule has 0 radical (unpaired) electrons. The van der Waals surface area contributed by atoms with Crippen LogP contribution in [0.4, 0.5) is 0 Å². The van der Waals surface area contributed by atoms with Gasteiger partial charge in [0.1, 0.15) is 28.5 Å². The Labute approximate surface area is 120 Å². The van der Waals surface area contributed by atoms with Gasteiger partial charge in [-0.15, -0.1) is 0 Å². The number of hydrogen-bond acceptors (Lipinski definition) is 6. The molecule has 2 aromatic rings. The van der Waals surface area contributed by atoms with Crippen LogP contribution in [0.2, 0.25) is 0 Å². The predicted octanol–water partition coefficient (Wildman–Crippen LogP) is 2.34. The van der Waals surface area contributed by atoms with Gasteiger partial charge in [0.25, 0.3) is 0 Å². The highest BCUT2D eigenvalue weighted by molar-refractivity contribution is 5.53. The zero-order valence-corrected chi connectivity index (χ0v) is 11.1. The minimum absolute atomic E-state index is 0.324. The molecule has 0 atom stereocenters. The van der Waals surface area contributed by atoms with Crippen LogP contribution >= 0.6 is 0 Å². The smallest absolute Gasteiger partial charge is 0.130 e. The lowest BCUT2D eigenvalue weighted by atomic mass is 9.84. The Morgan fingerprint density at radius 3 is 1.62 bits per heavy atom. The first-order valence-electron chi connectivity index (χ1n) is 6.23. The number of hydrogen-bond donors (Lipinski definition) is 4. The lowest BCUT2D eigenvalue weighted by Gasteiger charge is -2.28. The first kappa shape index (κ1) is 15.0. The lowest BCUT2D eigenvalue weighted by molar-refractivity contribution is 0.0485. The van der Waals surface area contributed by atoms with Gasteiger partial charge in [-0.25, -0.2) is 0 Å². The van der Waals surface area contributed by atoms with E-state index in [0.717, 1.165) is 0 Å². The van der Waals surface area contributed by atoms with E-state index in [4.69, 9.17) is 8.83 Å². The van der Waals surface area contributed by atoms with Crippen molar-refractivity contribution in [1.29, 1.82) is 0 Å². The topological polar surface area (TPSA) is 107 Å². The van der Waals surface area contributed by atoms with Crippen LogP contribution in [0.3, 0.4) is 0 Å². The maximum absolute atomic E-state index is 10.2. The van der Waals surface area contributed by atoms with Crippen molar-refractivity contribution >= 4 is 12.2 Å². The summed E-state index contributed by atoms with van der Waals surface area (Å²) in [6.07, 6.45) is 5.27. The van der Waals surface area contributed by atoms with Crippen molar-refractivity contribution < 1.29 is 29.3 Å². The summed E-state index contributed by atoms with van der Waals surface area (Å²) in [6.45, 7) is -1.40. The Bertz CT molecular complexity index is 550. The van der Waals surface area contributed by atoms with Gasteiger partial charge in [-0.2, -0.15) is 0 Å². The van der Waals surface area contributed by atoms with Crippen molar-refractivity contribution in [2.75, 3.05) is 13.2 Å². The highest BCUT2D eigenvalue weighted by atomic mass is 16.3. The summed E-state index contributed by atoms with van der Waals surface area (Å²) in [6, 6.07) is 6.42. The van der Waals surface area contributed by atoms with Crippen molar-refractivity contribution in [1.82, 2.24) is 0 Å². The second-order valence-electron chi connectivity index (χ2n) is 4.49. The van der Waals surface area contributed by atoms with Gasteiger partial charge >= 0.3 is 0 Å². The number of aliphatic hydroxyl groups is 4. The van der Waals surface area contributed by atoms with Gasteiger partial charge in [0.15, 0.2) is 0 Å². The van der Waals surface area contributed by atoms with Crippen LogP contribution in [-0.2, 0) is 0 Å². The molecule has 4 N–H and O–H groups in total. The van der Waals surface area contributed by atoms with Crippen LogP contribution in [0, 0.1) is 5.41 Å². The van der Waals surface area contributed by atoms with Gasteiger partial charge < -0.3 is 29.3 Å². The standard InChI is InChI=1S/C15H16O6/c16-9-15(10-17,13(18)7-11-3-1-5-20-11)14(19)8-12-4-2-6-21-12/h1-8,16-19H,9-10H2. The maximum Gasteiger partial charge on any atom is 0.130 e. The van der Waals surface area contributed by atoms with E-state index < -0.39 is 30.1 Å². The summed E-state index contributed by atoms with van der Waals surface area (Å²) in [7, 11) is 0. The molecule has 0 saturated carbocycles. The van der Waals surface area contributed by atoms with Gasteiger partial charge in [-0.1, -0.05) is 0 Å². The SMILES string of the molecule is OCC(CO)(C(O)=Cc1ccco1)C(O)=Cc1ccco1. The molecule has 6 heteroatoms. The summed E-state index contributed by atoms with van der Waals surface area (Å²) in [5.74, 6) is -0.209. The fraction of sp³-hybridized carbons (Fsp3) is 0.200. The van der Waals surface area contributed by atoms with Crippen LogP contribution in [0.5, 0.6) is 0 Å². The summed E-state index contributed by atoms with van der Waals surface area (Å²) >= 11 is 0. The quantitative estimate of drug-likeness (QED) is 0.609. The molecule has 0 amide bonds. The Kier molecular flexibility index (Phi) is 4.52. The van der Waals surface area contributed by atoms with Crippen LogP contribution in [-0.4, -0.2) is 33.6 Å². The van der Waals surface area contributed by atoms with Crippen LogP contribution < -0.4 is 0 Å². The average molecular weight is 292 g/mol. The highest BCUT2D eigenvalue weighted by Gasteiger charge is 2.39. The van der Waals surface area contributed by atoms with E-state index in [1.54, 1.807) is 24.3 Å². The molecular formula is C15H16O6. The van der Waals surface area contributed by atoms with Gasteiger partial charge in [0, 0.05) is 12.2 Å². The zero-order chi connectivity index (χ0) is 15.3. The Morgan fingerprint density at radius 2 is 1.33 bits per heavy atom. The van der Waals surface area contributed by atoms with E-state index in [1.165, 1.54) is 24.7 Å². The molecule has 2 aromatic heterocycles. The maximum atomic E-state index is 10.2. The van der Waals surface area contributed by atoms with Crippen molar-refractivity contribution in [2.45, 2.75) is 0 Å². The van der Waals surface area contributed by atoms with E-state index in [-0.39, 0.29) is 0 Å². The van der Waals surface area contributed by atoms with E-state index in [0.29, 0.717) is 11.5 Å². The highest BCUT2D eigenvalue weighted by Crippen LogP contribution is 2.34. The fourth-order valence-corrected chi connectivity index (χ4v) is 1.80. The minimum Gasteiger partial charge on any atom is -0.511 e. The Balaban J connectivity index is 2.40. The van der Waals surface area contributed by atoms with Crippen molar-refractivity contribution in [3.05, 3.63) is 59.8 Å². The summed E-state index contributed by atoms with van der Waals surface area (Å²) < 4.78 is 10.1. The van der Waals surface area contributed by atoms with Crippen molar-refractivity contribution in [3.8, 4) is 0 Å². The van der Waals surface area contributed by atoms with Gasteiger partial charge in [0.2, 0.25) is 0 Å². The molecule has 0 fully saturated rings. The van der Waals surface area contributed by atoms with Gasteiger partial charge in [0.05, 0.1) is 25.7 Å². The molecule has 0 aromatic carbocycles. The second-order valence-corrected chi connectivity index (χ2v) is 4.49. The molecular weight excluding hydrogens is 276 g/mol. The molecule has 0 aliphatic carbocycles. The molecule has 112 valence electrons. The van der Waals surface area contributed by atoms with Crippen molar-refractivity contribution in [2.24, 2.45) is 5.41 Å². The molecule has 0 aliphatic rings. The summed E-state index contributed by atoms with van der Waals surface area (Å²) in [5.41, 5.74) is -1.74. The molecule has 6 nitrogen and oxygen atoms in total. The number of furan rings is 2. The van der Waals surface area contributed by atoms with Crippen LogP contribution in [0.25, 0.3) is 12.2 Å². The lowest BCUT2D eigenvalue weighted by Crippen LogP contribution is -2.34. The minimum atomic E-state index is -1.74. The summed E-state index contributed by atoms with van der Waals surface area (Å²) in [5, 5.41) is 39.5. The van der Waals surface area contributed by atoms with Crippen LogP contribution in [0.1, 0.15) is 11.5 Å². The van der Waals surface area contributed by atoms with E-state index in [9.17, 15) is 20.4 Å². The molecule has 2 heterocycles. The Hall–Kier alpha value is -2.44. The molecule has 0 bridgehead atoms. The van der Waals surface area contributed by atoms with Crippen molar-refractivity contribution in [3.63, 3.8) is 0 Å². The second kappa shape index (κ2) is 6.34. The molecule has 0 unspecified atom stereocenters. The van der Waals surface area contributed by atoms with Gasteiger partial charge in [-0.3, -0.25) is 0 Å². The average Bonchev–Trinajstić information content (AvgIpc) is 3.14. The van der Waals surface area contributed by atoms with E-state index in [2.05, 4.69) is 0 Å². The Morgan fingerprint density at radius 1 is 0.905 bits per heavy atom. The molecule has 2 rings (SSSR count). The molecule has 0 aliphatic heterocycles. The predicted molar refractivity (Wildman–Crippen MR) is 75.2 cm³/mol. The molecule has 0 spiro atoms. The summed E-state index contributed by atoms with van der Waals surface area (Å²) in [4.78, 5) is 0. The first-order valence-corrected chi connectivity index (χ1v) is 6.23. The first-order chi connectivity index (χ1) is 10.1. The zero-order valence-electron chi connectivity index (χ0n) is 11.1. The molecule has 21 heavy (non-hydrogen) atoms.